The first kappa shape index (κ1) is 18.8. The lowest BCUT2D eigenvalue weighted by Crippen LogP contribution is -2.43. The lowest BCUT2D eigenvalue weighted by Gasteiger charge is -2.30. The number of hydrogen-bond donors (Lipinski definition) is 1. The number of fused-ring (bicyclic) bond motifs is 1. The lowest BCUT2D eigenvalue weighted by atomic mass is 10.1. The molecule has 0 spiro atoms. The summed E-state index contributed by atoms with van der Waals surface area (Å²) in [5.41, 5.74) is 0.171. The van der Waals surface area contributed by atoms with Gasteiger partial charge in [-0.3, -0.25) is 0 Å². The zero-order valence-electron chi connectivity index (χ0n) is 11.6. The first-order chi connectivity index (χ1) is 9.55. The van der Waals surface area contributed by atoms with Gasteiger partial charge in [0.15, 0.2) is 0 Å². The maximum absolute atomic E-state index is 13.0. The minimum Gasteiger partial charge on any atom is -0.368 e. The van der Waals surface area contributed by atoms with Gasteiger partial charge in [0.05, 0.1) is 5.52 Å². The maximum atomic E-state index is 13.0. The molecule has 1 saturated heterocycles. The van der Waals surface area contributed by atoms with Crippen LogP contribution in [0.5, 0.6) is 0 Å². The molecule has 1 aromatic heterocycles. The summed E-state index contributed by atoms with van der Waals surface area (Å²) in [5.74, 6) is 0. The molecule has 0 unspecified atom stereocenters. The van der Waals surface area contributed by atoms with E-state index in [4.69, 9.17) is 0 Å². The second-order valence-electron chi connectivity index (χ2n) is 4.78. The zero-order valence-corrected chi connectivity index (χ0v) is 13.2. The molecule has 0 aliphatic carbocycles. The van der Waals surface area contributed by atoms with Gasteiger partial charge in [-0.15, -0.1) is 24.8 Å². The SMILES string of the molecule is Cl.Cl.FC(F)(F)c1cc(N2CCNCC2)c2ccccc2n1. The number of nitrogens with one attached hydrogen (secondary N) is 1. The number of hydrogen-bond acceptors (Lipinski definition) is 3. The Labute approximate surface area is 138 Å². The van der Waals surface area contributed by atoms with E-state index in [1.807, 2.05) is 17.0 Å². The van der Waals surface area contributed by atoms with Crippen molar-refractivity contribution in [3.63, 3.8) is 0 Å². The highest BCUT2D eigenvalue weighted by Crippen LogP contribution is 2.34. The number of halogens is 5. The summed E-state index contributed by atoms with van der Waals surface area (Å²) in [5, 5.41) is 3.96. The predicted octanol–water partition coefficient (Wildman–Crippen LogP) is 3.51. The van der Waals surface area contributed by atoms with Crippen molar-refractivity contribution in [3.05, 3.63) is 36.0 Å². The molecule has 1 aliphatic heterocycles. The van der Waals surface area contributed by atoms with Crippen LogP contribution in [0.4, 0.5) is 18.9 Å². The van der Waals surface area contributed by atoms with E-state index in [9.17, 15) is 13.2 Å². The molecule has 2 heterocycles. The van der Waals surface area contributed by atoms with Gasteiger partial charge in [-0.25, -0.2) is 4.98 Å². The smallest absolute Gasteiger partial charge is 0.368 e. The number of rotatable bonds is 1. The van der Waals surface area contributed by atoms with Crippen LogP contribution >= 0.6 is 24.8 Å². The standard InChI is InChI=1S/C14H14F3N3.2ClH/c15-14(16,17)13-9-12(20-7-5-18-6-8-20)10-3-1-2-4-11(10)19-13;;/h1-4,9,18H,5-8H2;2*1H. The summed E-state index contributed by atoms with van der Waals surface area (Å²) in [6.07, 6.45) is -4.42. The zero-order chi connectivity index (χ0) is 14.2. The van der Waals surface area contributed by atoms with Crippen LogP contribution in [0.1, 0.15) is 5.69 Å². The Morgan fingerprint density at radius 1 is 1.05 bits per heavy atom. The molecule has 8 heteroatoms. The third-order valence-corrected chi connectivity index (χ3v) is 3.44. The Balaban J connectivity index is 0.00000121. The van der Waals surface area contributed by atoms with Gasteiger partial charge in [-0.1, -0.05) is 18.2 Å². The minimum absolute atomic E-state index is 0. The highest BCUT2D eigenvalue weighted by Gasteiger charge is 2.34. The molecule has 0 atom stereocenters. The topological polar surface area (TPSA) is 28.2 Å². The fraction of sp³-hybridized carbons (Fsp3) is 0.357. The molecule has 0 radical (unpaired) electrons. The minimum atomic E-state index is -4.42. The van der Waals surface area contributed by atoms with Gasteiger partial charge in [0.1, 0.15) is 5.69 Å². The highest BCUT2D eigenvalue weighted by atomic mass is 35.5. The van der Waals surface area contributed by atoms with Crippen LogP contribution in [0.15, 0.2) is 30.3 Å². The van der Waals surface area contributed by atoms with Crippen molar-refractivity contribution >= 4 is 41.4 Å². The molecule has 1 aromatic carbocycles. The second kappa shape index (κ2) is 7.35. The summed E-state index contributed by atoms with van der Waals surface area (Å²) >= 11 is 0. The molecule has 0 amide bonds. The fourth-order valence-corrected chi connectivity index (χ4v) is 2.47. The number of benzene rings is 1. The van der Waals surface area contributed by atoms with E-state index in [0.717, 1.165) is 24.5 Å². The molecule has 0 bridgehead atoms. The van der Waals surface area contributed by atoms with Crippen molar-refractivity contribution in [2.24, 2.45) is 0 Å². The number of para-hydroxylation sites is 1. The van der Waals surface area contributed by atoms with E-state index in [0.29, 0.717) is 24.3 Å². The maximum Gasteiger partial charge on any atom is 0.433 e. The third kappa shape index (κ3) is 3.74. The van der Waals surface area contributed by atoms with E-state index < -0.39 is 11.9 Å². The molecular formula is C14H16Cl2F3N3. The number of anilines is 1. The van der Waals surface area contributed by atoms with Crippen molar-refractivity contribution in [3.8, 4) is 0 Å². The molecular weight excluding hydrogens is 338 g/mol. The van der Waals surface area contributed by atoms with Crippen LogP contribution in [-0.4, -0.2) is 31.2 Å². The van der Waals surface area contributed by atoms with Gasteiger partial charge >= 0.3 is 6.18 Å². The summed E-state index contributed by atoms with van der Waals surface area (Å²) in [6.45, 7) is 2.95. The first-order valence-electron chi connectivity index (χ1n) is 6.48. The number of pyridine rings is 1. The van der Waals surface area contributed by atoms with Crippen LogP contribution in [0, 0.1) is 0 Å². The second-order valence-corrected chi connectivity index (χ2v) is 4.78. The van der Waals surface area contributed by atoms with Gasteiger partial charge < -0.3 is 10.2 Å². The van der Waals surface area contributed by atoms with Crippen molar-refractivity contribution in [2.45, 2.75) is 6.18 Å². The number of alkyl halides is 3. The average Bonchev–Trinajstić information content (AvgIpc) is 2.46. The van der Waals surface area contributed by atoms with Crippen LogP contribution in [0.2, 0.25) is 0 Å². The predicted molar refractivity (Wildman–Crippen MR) is 86.3 cm³/mol. The fourth-order valence-electron chi connectivity index (χ4n) is 2.47. The van der Waals surface area contributed by atoms with E-state index in [2.05, 4.69) is 10.3 Å². The van der Waals surface area contributed by atoms with Gasteiger partial charge in [-0.05, 0) is 12.1 Å². The van der Waals surface area contributed by atoms with E-state index in [-0.39, 0.29) is 24.8 Å². The summed E-state index contributed by atoms with van der Waals surface area (Å²) in [7, 11) is 0. The molecule has 1 N–H and O–H groups in total. The Kier molecular flexibility index (Phi) is 6.28. The van der Waals surface area contributed by atoms with Gasteiger partial charge in [-0.2, -0.15) is 13.2 Å². The normalized spacial score (nSPS) is 15.1. The van der Waals surface area contributed by atoms with Gasteiger partial charge in [0.25, 0.3) is 0 Å². The van der Waals surface area contributed by atoms with Crippen LogP contribution in [0.3, 0.4) is 0 Å². The van der Waals surface area contributed by atoms with E-state index in [1.54, 1.807) is 12.1 Å². The Bertz CT molecular complexity index is 628. The van der Waals surface area contributed by atoms with Crippen molar-refractivity contribution in [1.82, 2.24) is 10.3 Å². The van der Waals surface area contributed by atoms with Gasteiger partial charge in [0, 0.05) is 37.3 Å². The van der Waals surface area contributed by atoms with Crippen LogP contribution in [-0.2, 0) is 6.18 Å². The van der Waals surface area contributed by atoms with Crippen molar-refractivity contribution < 1.29 is 13.2 Å². The van der Waals surface area contributed by atoms with Gasteiger partial charge in [0.2, 0.25) is 0 Å². The Morgan fingerprint density at radius 3 is 2.32 bits per heavy atom. The van der Waals surface area contributed by atoms with Crippen molar-refractivity contribution in [1.29, 1.82) is 0 Å². The summed E-state index contributed by atoms with van der Waals surface area (Å²) < 4.78 is 38.9. The summed E-state index contributed by atoms with van der Waals surface area (Å²) in [4.78, 5) is 5.72. The van der Waals surface area contributed by atoms with Crippen molar-refractivity contribution in [2.75, 3.05) is 31.1 Å². The highest BCUT2D eigenvalue weighted by molar-refractivity contribution is 5.92. The Morgan fingerprint density at radius 2 is 1.68 bits per heavy atom. The molecule has 2 aromatic rings. The molecule has 22 heavy (non-hydrogen) atoms. The van der Waals surface area contributed by atoms with Crippen LogP contribution < -0.4 is 10.2 Å². The molecule has 122 valence electrons. The quantitative estimate of drug-likeness (QED) is 0.850. The number of nitrogens with zero attached hydrogens (tertiary/aromatic N) is 2. The third-order valence-electron chi connectivity index (χ3n) is 3.44. The largest absolute Gasteiger partial charge is 0.433 e. The molecule has 3 nitrogen and oxygen atoms in total. The number of piperazine rings is 1. The van der Waals surface area contributed by atoms with E-state index >= 15 is 0 Å². The number of aromatic nitrogens is 1. The molecule has 1 fully saturated rings. The average molecular weight is 354 g/mol. The summed E-state index contributed by atoms with van der Waals surface area (Å²) in [6, 6.07) is 8.13. The molecule has 1 aliphatic rings. The van der Waals surface area contributed by atoms with Crippen LogP contribution in [0.25, 0.3) is 10.9 Å². The monoisotopic (exact) mass is 353 g/mol. The Hall–Kier alpha value is -1.24. The van der Waals surface area contributed by atoms with E-state index in [1.165, 1.54) is 0 Å². The first-order valence-corrected chi connectivity index (χ1v) is 6.48. The lowest BCUT2D eigenvalue weighted by molar-refractivity contribution is -0.140. The molecule has 0 saturated carbocycles. The molecule has 3 rings (SSSR count).